The van der Waals surface area contributed by atoms with Gasteiger partial charge in [0, 0.05) is 16.8 Å². The van der Waals surface area contributed by atoms with Crippen LogP contribution in [0.2, 0.25) is 0 Å². The normalized spacial score (nSPS) is 16.7. The van der Waals surface area contributed by atoms with Crippen molar-refractivity contribution >= 4 is 28.2 Å². The molecule has 116 valence electrons. The molecule has 0 spiro atoms. The smallest absolute Gasteiger partial charge is 0.341 e. The molecule has 0 unspecified atom stereocenters. The number of nitrogens with two attached hydrogens (primary N) is 1. The van der Waals surface area contributed by atoms with E-state index in [1.807, 2.05) is 6.92 Å². The predicted molar refractivity (Wildman–Crippen MR) is 83.6 cm³/mol. The molecule has 0 radical (unpaired) electrons. The zero-order valence-corrected chi connectivity index (χ0v) is 13.3. The average Bonchev–Trinajstić information content (AvgIpc) is 2.96. The topological polar surface area (TPSA) is 81.4 Å². The lowest BCUT2D eigenvalue weighted by molar-refractivity contribution is -0.117. The Labute approximate surface area is 128 Å². The van der Waals surface area contributed by atoms with Gasteiger partial charge in [0.2, 0.25) is 5.91 Å². The molecule has 1 saturated carbocycles. The van der Waals surface area contributed by atoms with E-state index in [9.17, 15) is 9.59 Å². The molecule has 21 heavy (non-hydrogen) atoms. The Morgan fingerprint density at radius 1 is 1.43 bits per heavy atom. The van der Waals surface area contributed by atoms with Crippen molar-refractivity contribution in [2.45, 2.75) is 51.5 Å². The number of esters is 1. The summed E-state index contributed by atoms with van der Waals surface area (Å²) in [6, 6.07) is 1.74. The lowest BCUT2D eigenvalue weighted by Crippen LogP contribution is -2.40. The van der Waals surface area contributed by atoms with Crippen LogP contribution in [-0.4, -0.2) is 24.0 Å². The molecule has 1 fully saturated rings. The van der Waals surface area contributed by atoms with Gasteiger partial charge in [0.15, 0.2) is 0 Å². The molecule has 1 aromatic heterocycles. The Morgan fingerprint density at radius 2 is 2.10 bits per heavy atom. The summed E-state index contributed by atoms with van der Waals surface area (Å²) in [5.74, 6) is -0.535. The molecule has 1 amide bonds. The van der Waals surface area contributed by atoms with Crippen LogP contribution in [0.3, 0.4) is 0 Å². The standard InChI is InChI=1S/C15H22N2O3S/c1-3-20-14(19)11-8-10(2)21-13(11)17-12(18)9-15(16)6-4-5-7-15/h8H,3-7,9,16H2,1-2H3,(H,17,18). The minimum absolute atomic E-state index is 0.133. The van der Waals surface area contributed by atoms with E-state index in [2.05, 4.69) is 5.32 Å². The van der Waals surface area contributed by atoms with Gasteiger partial charge in [0.1, 0.15) is 5.00 Å². The van der Waals surface area contributed by atoms with Gasteiger partial charge in [-0.05, 0) is 32.8 Å². The van der Waals surface area contributed by atoms with E-state index >= 15 is 0 Å². The van der Waals surface area contributed by atoms with Crippen LogP contribution in [0.25, 0.3) is 0 Å². The van der Waals surface area contributed by atoms with Gasteiger partial charge < -0.3 is 15.8 Å². The van der Waals surface area contributed by atoms with Gasteiger partial charge in [-0.15, -0.1) is 11.3 Å². The van der Waals surface area contributed by atoms with Crippen molar-refractivity contribution in [2.75, 3.05) is 11.9 Å². The first kappa shape index (κ1) is 16.0. The van der Waals surface area contributed by atoms with Gasteiger partial charge in [-0.1, -0.05) is 12.8 Å². The summed E-state index contributed by atoms with van der Waals surface area (Å²) >= 11 is 1.38. The number of carbonyl (C=O) groups excluding carboxylic acids is 2. The number of anilines is 1. The summed E-state index contributed by atoms with van der Waals surface area (Å²) in [6.07, 6.45) is 4.22. The number of thiophene rings is 1. The van der Waals surface area contributed by atoms with Crippen LogP contribution in [0.1, 0.15) is 54.3 Å². The van der Waals surface area contributed by atoms with E-state index < -0.39 is 5.97 Å². The first-order chi connectivity index (χ1) is 9.93. The van der Waals surface area contributed by atoms with Crippen molar-refractivity contribution in [3.8, 4) is 0 Å². The second kappa shape index (κ2) is 6.58. The third kappa shape index (κ3) is 4.04. The molecule has 1 heterocycles. The molecule has 0 aliphatic heterocycles. The number of ether oxygens (including phenoxy) is 1. The second-order valence-electron chi connectivity index (χ2n) is 5.61. The quantitative estimate of drug-likeness (QED) is 0.819. The summed E-state index contributed by atoms with van der Waals surface area (Å²) in [5.41, 5.74) is 6.25. The van der Waals surface area contributed by atoms with Gasteiger partial charge in [-0.2, -0.15) is 0 Å². The molecule has 6 heteroatoms. The van der Waals surface area contributed by atoms with Gasteiger partial charge in [0.05, 0.1) is 12.2 Å². The molecule has 3 N–H and O–H groups in total. The number of carbonyl (C=O) groups is 2. The maximum absolute atomic E-state index is 12.2. The average molecular weight is 310 g/mol. The van der Waals surface area contributed by atoms with Crippen molar-refractivity contribution < 1.29 is 14.3 Å². The Bertz CT molecular complexity index is 533. The molecular weight excluding hydrogens is 288 g/mol. The van der Waals surface area contributed by atoms with Crippen LogP contribution < -0.4 is 11.1 Å². The van der Waals surface area contributed by atoms with Crippen molar-refractivity contribution in [3.63, 3.8) is 0 Å². The maximum atomic E-state index is 12.2. The molecule has 0 aromatic carbocycles. The summed E-state index contributed by atoms with van der Waals surface area (Å²) in [6.45, 7) is 3.96. The number of aryl methyl sites for hydroxylation is 1. The lowest BCUT2D eigenvalue weighted by atomic mass is 9.94. The Morgan fingerprint density at radius 3 is 2.71 bits per heavy atom. The molecular formula is C15H22N2O3S. The minimum Gasteiger partial charge on any atom is -0.462 e. The Balaban J connectivity index is 2.05. The van der Waals surface area contributed by atoms with E-state index in [-0.39, 0.29) is 11.4 Å². The Kier molecular flexibility index (Phi) is 5.00. The van der Waals surface area contributed by atoms with Crippen LogP contribution in [0.15, 0.2) is 6.07 Å². The van der Waals surface area contributed by atoms with Crippen LogP contribution in [0, 0.1) is 6.92 Å². The van der Waals surface area contributed by atoms with Gasteiger partial charge in [-0.25, -0.2) is 4.79 Å². The first-order valence-electron chi connectivity index (χ1n) is 7.30. The molecule has 2 rings (SSSR count). The molecule has 1 aromatic rings. The summed E-state index contributed by atoms with van der Waals surface area (Å²) in [7, 11) is 0. The van der Waals surface area contributed by atoms with Crippen molar-refractivity contribution in [1.82, 2.24) is 0 Å². The fraction of sp³-hybridized carbons (Fsp3) is 0.600. The third-order valence-electron chi connectivity index (χ3n) is 3.72. The van der Waals surface area contributed by atoms with E-state index in [0.717, 1.165) is 30.6 Å². The first-order valence-corrected chi connectivity index (χ1v) is 8.11. The molecule has 5 nitrogen and oxygen atoms in total. The van der Waals surface area contributed by atoms with E-state index in [0.29, 0.717) is 23.6 Å². The van der Waals surface area contributed by atoms with E-state index in [1.165, 1.54) is 11.3 Å². The van der Waals surface area contributed by atoms with Crippen molar-refractivity contribution in [1.29, 1.82) is 0 Å². The number of nitrogens with one attached hydrogen (secondary N) is 1. The largest absolute Gasteiger partial charge is 0.462 e. The van der Waals surface area contributed by atoms with Crippen LogP contribution in [0.4, 0.5) is 5.00 Å². The summed E-state index contributed by atoms with van der Waals surface area (Å²) < 4.78 is 5.01. The highest BCUT2D eigenvalue weighted by Crippen LogP contribution is 2.32. The molecule has 1 aliphatic carbocycles. The van der Waals surface area contributed by atoms with Crippen LogP contribution >= 0.6 is 11.3 Å². The molecule has 0 bridgehead atoms. The zero-order chi connectivity index (χ0) is 15.5. The number of rotatable bonds is 5. The van der Waals surface area contributed by atoms with Gasteiger partial charge in [-0.3, -0.25) is 4.79 Å². The summed E-state index contributed by atoms with van der Waals surface area (Å²) in [5, 5.41) is 3.37. The van der Waals surface area contributed by atoms with Crippen LogP contribution in [0.5, 0.6) is 0 Å². The van der Waals surface area contributed by atoms with Crippen LogP contribution in [-0.2, 0) is 9.53 Å². The number of hydrogen-bond acceptors (Lipinski definition) is 5. The van der Waals surface area contributed by atoms with Crippen molar-refractivity contribution in [2.24, 2.45) is 5.73 Å². The highest BCUT2D eigenvalue weighted by Gasteiger charge is 2.32. The second-order valence-corrected chi connectivity index (χ2v) is 6.87. The maximum Gasteiger partial charge on any atom is 0.341 e. The third-order valence-corrected chi connectivity index (χ3v) is 4.68. The molecule has 0 atom stereocenters. The van der Waals surface area contributed by atoms with Gasteiger partial charge >= 0.3 is 5.97 Å². The van der Waals surface area contributed by atoms with E-state index in [1.54, 1.807) is 13.0 Å². The minimum atomic E-state index is -0.402. The number of amides is 1. The molecule has 0 saturated heterocycles. The molecule has 1 aliphatic rings. The number of hydrogen-bond donors (Lipinski definition) is 2. The zero-order valence-electron chi connectivity index (χ0n) is 12.5. The van der Waals surface area contributed by atoms with E-state index in [4.69, 9.17) is 10.5 Å². The lowest BCUT2D eigenvalue weighted by Gasteiger charge is -2.22. The Hall–Kier alpha value is -1.40. The monoisotopic (exact) mass is 310 g/mol. The highest BCUT2D eigenvalue weighted by molar-refractivity contribution is 7.16. The summed E-state index contributed by atoms with van der Waals surface area (Å²) in [4.78, 5) is 25.0. The highest BCUT2D eigenvalue weighted by atomic mass is 32.1. The fourth-order valence-electron chi connectivity index (χ4n) is 2.71. The van der Waals surface area contributed by atoms with Gasteiger partial charge in [0.25, 0.3) is 0 Å². The predicted octanol–water partition coefficient (Wildman–Crippen LogP) is 2.83. The fourth-order valence-corrected chi connectivity index (χ4v) is 3.63. The van der Waals surface area contributed by atoms with Crippen molar-refractivity contribution in [3.05, 3.63) is 16.5 Å². The SMILES string of the molecule is CCOC(=O)c1cc(C)sc1NC(=O)CC1(N)CCCC1.